The summed E-state index contributed by atoms with van der Waals surface area (Å²) in [6.07, 6.45) is -0.302. The van der Waals surface area contributed by atoms with Gasteiger partial charge in [-0.25, -0.2) is 13.1 Å². The standard InChI is InChI=1S/C12H16N2O5S/c1-8(7-12(16)17)14-20(18,19)11-5-3-10(4-6-11)13-9(2)15/h3-6,8,14H,7H2,1-2H3,(H,13,15)(H,16,17). The Morgan fingerprint density at radius 1 is 1.25 bits per heavy atom. The third-order valence-electron chi connectivity index (χ3n) is 2.32. The van der Waals surface area contributed by atoms with Gasteiger partial charge in [0.1, 0.15) is 0 Å². The van der Waals surface area contributed by atoms with Crippen LogP contribution in [0.3, 0.4) is 0 Å². The normalized spacial score (nSPS) is 12.7. The summed E-state index contributed by atoms with van der Waals surface area (Å²) in [5, 5.41) is 11.1. The van der Waals surface area contributed by atoms with Crippen LogP contribution in [0.1, 0.15) is 20.3 Å². The zero-order valence-corrected chi connectivity index (χ0v) is 11.9. The fourth-order valence-electron chi connectivity index (χ4n) is 1.56. The van der Waals surface area contributed by atoms with Gasteiger partial charge in [-0.15, -0.1) is 0 Å². The maximum Gasteiger partial charge on any atom is 0.304 e. The predicted molar refractivity (Wildman–Crippen MR) is 72.8 cm³/mol. The van der Waals surface area contributed by atoms with Gasteiger partial charge in [0, 0.05) is 18.7 Å². The number of benzene rings is 1. The smallest absolute Gasteiger partial charge is 0.304 e. The zero-order chi connectivity index (χ0) is 15.3. The van der Waals surface area contributed by atoms with Crippen LogP contribution in [0.5, 0.6) is 0 Å². The second kappa shape index (κ2) is 6.49. The summed E-state index contributed by atoms with van der Waals surface area (Å²) in [5.74, 6) is -1.34. The van der Waals surface area contributed by atoms with E-state index >= 15 is 0 Å². The molecule has 0 spiro atoms. The SMILES string of the molecule is CC(=O)Nc1ccc(S(=O)(=O)NC(C)CC(=O)O)cc1. The van der Waals surface area contributed by atoms with Crippen molar-refractivity contribution in [3.63, 3.8) is 0 Å². The van der Waals surface area contributed by atoms with E-state index in [1.54, 1.807) is 0 Å². The van der Waals surface area contributed by atoms with Crippen molar-refractivity contribution in [2.45, 2.75) is 31.2 Å². The number of anilines is 1. The number of rotatable bonds is 6. The monoisotopic (exact) mass is 300 g/mol. The van der Waals surface area contributed by atoms with Gasteiger partial charge in [-0.1, -0.05) is 0 Å². The van der Waals surface area contributed by atoms with Gasteiger partial charge in [-0.2, -0.15) is 0 Å². The average Bonchev–Trinajstić information content (AvgIpc) is 2.26. The Hall–Kier alpha value is -1.93. The molecule has 0 saturated carbocycles. The van der Waals surface area contributed by atoms with Gasteiger partial charge < -0.3 is 10.4 Å². The van der Waals surface area contributed by atoms with E-state index in [4.69, 9.17) is 5.11 Å². The minimum Gasteiger partial charge on any atom is -0.481 e. The van der Waals surface area contributed by atoms with Crippen molar-refractivity contribution < 1.29 is 23.1 Å². The largest absolute Gasteiger partial charge is 0.481 e. The molecule has 1 unspecified atom stereocenters. The number of hydrogen-bond donors (Lipinski definition) is 3. The Labute approximate surface area is 117 Å². The summed E-state index contributed by atoms with van der Waals surface area (Å²) in [6, 6.07) is 4.87. The molecule has 0 fully saturated rings. The minimum absolute atomic E-state index is 0.00356. The Morgan fingerprint density at radius 2 is 1.80 bits per heavy atom. The van der Waals surface area contributed by atoms with E-state index in [2.05, 4.69) is 10.0 Å². The molecule has 3 N–H and O–H groups in total. The van der Waals surface area contributed by atoms with Crippen molar-refractivity contribution in [1.29, 1.82) is 0 Å². The molecule has 20 heavy (non-hydrogen) atoms. The molecule has 0 aliphatic rings. The number of carbonyl (C=O) groups excluding carboxylic acids is 1. The molecule has 0 radical (unpaired) electrons. The number of sulfonamides is 1. The lowest BCUT2D eigenvalue weighted by Gasteiger charge is -2.12. The highest BCUT2D eigenvalue weighted by Crippen LogP contribution is 2.14. The summed E-state index contributed by atoms with van der Waals surface area (Å²) in [4.78, 5) is 21.4. The second-order valence-electron chi connectivity index (χ2n) is 4.33. The number of carboxylic acids is 1. The first kappa shape index (κ1) is 16.1. The van der Waals surface area contributed by atoms with E-state index in [1.807, 2.05) is 0 Å². The van der Waals surface area contributed by atoms with Crippen molar-refractivity contribution in [2.24, 2.45) is 0 Å². The third kappa shape index (κ3) is 4.98. The van der Waals surface area contributed by atoms with Crippen molar-refractivity contribution in [3.05, 3.63) is 24.3 Å². The van der Waals surface area contributed by atoms with Crippen LogP contribution in [0.2, 0.25) is 0 Å². The maximum absolute atomic E-state index is 12.0. The van der Waals surface area contributed by atoms with Crippen LogP contribution in [0.15, 0.2) is 29.2 Å². The number of amides is 1. The minimum atomic E-state index is -3.78. The molecular weight excluding hydrogens is 284 g/mol. The molecular formula is C12H16N2O5S. The van der Waals surface area contributed by atoms with Gasteiger partial charge in [0.25, 0.3) is 0 Å². The van der Waals surface area contributed by atoms with Crippen LogP contribution in [0.4, 0.5) is 5.69 Å². The molecule has 0 aromatic heterocycles. The quantitative estimate of drug-likeness (QED) is 0.719. The number of hydrogen-bond acceptors (Lipinski definition) is 4. The van der Waals surface area contributed by atoms with Crippen molar-refractivity contribution in [2.75, 3.05) is 5.32 Å². The zero-order valence-electron chi connectivity index (χ0n) is 11.1. The highest BCUT2D eigenvalue weighted by Gasteiger charge is 2.18. The van der Waals surface area contributed by atoms with Crippen LogP contribution in [0, 0.1) is 0 Å². The molecule has 7 nitrogen and oxygen atoms in total. The van der Waals surface area contributed by atoms with E-state index in [1.165, 1.54) is 38.1 Å². The molecule has 1 aromatic rings. The Morgan fingerprint density at radius 3 is 2.25 bits per heavy atom. The highest BCUT2D eigenvalue weighted by molar-refractivity contribution is 7.89. The maximum atomic E-state index is 12.0. The molecule has 8 heteroatoms. The molecule has 1 amide bonds. The lowest BCUT2D eigenvalue weighted by Crippen LogP contribution is -2.34. The van der Waals surface area contributed by atoms with Gasteiger partial charge in [-0.05, 0) is 31.2 Å². The van der Waals surface area contributed by atoms with E-state index < -0.39 is 22.0 Å². The average molecular weight is 300 g/mol. The van der Waals surface area contributed by atoms with E-state index in [0.29, 0.717) is 5.69 Å². The molecule has 1 atom stereocenters. The van der Waals surface area contributed by atoms with Crippen molar-refractivity contribution >= 4 is 27.6 Å². The molecule has 0 aliphatic heterocycles. The fraction of sp³-hybridized carbons (Fsp3) is 0.333. The molecule has 0 bridgehead atoms. The number of carboxylic acid groups (broad SMARTS) is 1. The lowest BCUT2D eigenvalue weighted by molar-refractivity contribution is -0.137. The van der Waals surface area contributed by atoms with Gasteiger partial charge in [0.2, 0.25) is 15.9 Å². The van der Waals surface area contributed by atoms with Crippen LogP contribution in [-0.4, -0.2) is 31.4 Å². The number of nitrogens with one attached hydrogen (secondary N) is 2. The van der Waals surface area contributed by atoms with Crippen LogP contribution in [-0.2, 0) is 19.6 Å². The number of carbonyl (C=O) groups is 2. The van der Waals surface area contributed by atoms with E-state index in [9.17, 15) is 18.0 Å². The number of aliphatic carboxylic acids is 1. The Bertz CT molecular complexity index is 595. The summed E-state index contributed by atoms with van der Waals surface area (Å²) in [7, 11) is -3.78. The van der Waals surface area contributed by atoms with Crippen LogP contribution >= 0.6 is 0 Å². The summed E-state index contributed by atoms with van der Waals surface area (Å²) >= 11 is 0. The summed E-state index contributed by atoms with van der Waals surface area (Å²) in [5.41, 5.74) is 0.482. The van der Waals surface area contributed by atoms with Crippen molar-refractivity contribution in [1.82, 2.24) is 4.72 Å². The first-order chi connectivity index (χ1) is 9.20. The third-order valence-corrected chi connectivity index (χ3v) is 3.93. The van der Waals surface area contributed by atoms with Crippen LogP contribution in [0.25, 0.3) is 0 Å². The topological polar surface area (TPSA) is 113 Å². The predicted octanol–water partition coefficient (Wildman–Crippen LogP) is 0.786. The van der Waals surface area contributed by atoms with E-state index in [-0.39, 0.29) is 17.2 Å². The molecule has 110 valence electrons. The van der Waals surface area contributed by atoms with Gasteiger partial charge in [0.05, 0.1) is 11.3 Å². The fourth-order valence-corrected chi connectivity index (χ4v) is 2.80. The molecule has 0 saturated heterocycles. The second-order valence-corrected chi connectivity index (χ2v) is 6.04. The van der Waals surface area contributed by atoms with E-state index in [0.717, 1.165) is 0 Å². The molecule has 1 aromatic carbocycles. The van der Waals surface area contributed by atoms with Crippen LogP contribution < -0.4 is 10.0 Å². The van der Waals surface area contributed by atoms with Crippen molar-refractivity contribution in [3.8, 4) is 0 Å². The Balaban J connectivity index is 2.82. The highest BCUT2D eigenvalue weighted by atomic mass is 32.2. The molecule has 0 heterocycles. The summed E-state index contributed by atoms with van der Waals surface area (Å²) in [6.45, 7) is 2.82. The van der Waals surface area contributed by atoms with Gasteiger partial charge >= 0.3 is 5.97 Å². The molecule has 0 aliphatic carbocycles. The lowest BCUT2D eigenvalue weighted by atomic mass is 10.3. The molecule has 1 rings (SSSR count). The first-order valence-corrected chi connectivity index (χ1v) is 7.31. The summed E-state index contributed by atoms with van der Waals surface area (Å²) < 4.78 is 26.2. The first-order valence-electron chi connectivity index (χ1n) is 5.82. The van der Waals surface area contributed by atoms with Gasteiger partial charge in [0.15, 0.2) is 0 Å². The van der Waals surface area contributed by atoms with Gasteiger partial charge in [-0.3, -0.25) is 9.59 Å². The Kier molecular flexibility index (Phi) is 5.23.